The van der Waals surface area contributed by atoms with Gasteiger partial charge in [0.05, 0.1) is 6.04 Å². The molecular formula is C15H21N3O. The number of nitrogens with zero attached hydrogens (tertiary/aromatic N) is 1. The summed E-state index contributed by atoms with van der Waals surface area (Å²) in [7, 11) is 0. The van der Waals surface area contributed by atoms with E-state index in [2.05, 4.69) is 15.6 Å². The molecule has 1 aliphatic heterocycles. The van der Waals surface area contributed by atoms with Crippen LogP contribution in [-0.2, 0) is 4.79 Å². The molecule has 2 heterocycles. The van der Waals surface area contributed by atoms with Gasteiger partial charge < -0.3 is 10.6 Å². The summed E-state index contributed by atoms with van der Waals surface area (Å²) in [5, 5.41) is 6.51. The van der Waals surface area contributed by atoms with Crippen molar-refractivity contribution >= 4 is 5.91 Å². The van der Waals surface area contributed by atoms with E-state index >= 15 is 0 Å². The molecule has 0 bridgehead atoms. The molecule has 19 heavy (non-hydrogen) atoms. The van der Waals surface area contributed by atoms with Crippen LogP contribution in [0.4, 0.5) is 0 Å². The first-order chi connectivity index (χ1) is 9.21. The molecule has 2 fully saturated rings. The van der Waals surface area contributed by atoms with Crippen LogP contribution in [0, 0.1) is 11.3 Å². The molecule has 1 aliphatic carbocycles. The standard InChI is InChI=1S/C15H21N3O/c1-11(12-2-6-16-7-3-12)18-14(19)13-10-15(13)4-8-17-9-5-15/h2-3,6-7,11,13,17H,4-5,8-10H2,1H3,(H,18,19). The van der Waals surface area contributed by atoms with E-state index in [1.807, 2.05) is 19.1 Å². The first kappa shape index (κ1) is 12.6. The predicted octanol–water partition coefficient (Wildman–Crippen LogP) is 1.65. The minimum absolute atomic E-state index is 0.0647. The number of aromatic nitrogens is 1. The first-order valence-corrected chi connectivity index (χ1v) is 7.12. The second kappa shape index (κ2) is 4.93. The van der Waals surface area contributed by atoms with Crippen LogP contribution < -0.4 is 10.6 Å². The van der Waals surface area contributed by atoms with Gasteiger partial charge in [0.1, 0.15) is 0 Å². The van der Waals surface area contributed by atoms with Crippen LogP contribution in [0.15, 0.2) is 24.5 Å². The maximum Gasteiger partial charge on any atom is 0.224 e. The number of carbonyl (C=O) groups is 1. The lowest BCUT2D eigenvalue weighted by molar-refractivity contribution is -0.123. The summed E-state index contributed by atoms with van der Waals surface area (Å²) in [6, 6.07) is 3.98. The molecule has 1 amide bonds. The maximum atomic E-state index is 12.3. The van der Waals surface area contributed by atoms with Crippen LogP contribution >= 0.6 is 0 Å². The average molecular weight is 259 g/mol. The Bertz CT molecular complexity index is 454. The molecule has 1 saturated carbocycles. The van der Waals surface area contributed by atoms with E-state index < -0.39 is 0 Å². The van der Waals surface area contributed by atoms with Gasteiger partial charge >= 0.3 is 0 Å². The highest BCUT2D eigenvalue weighted by Crippen LogP contribution is 2.58. The van der Waals surface area contributed by atoms with Gasteiger partial charge in [0.25, 0.3) is 0 Å². The molecule has 0 radical (unpaired) electrons. The molecule has 1 aromatic heterocycles. The highest BCUT2D eigenvalue weighted by molar-refractivity contribution is 5.83. The maximum absolute atomic E-state index is 12.3. The summed E-state index contributed by atoms with van der Waals surface area (Å²) in [5.74, 6) is 0.463. The second-order valence-electron chi connectivity index (χ2n) is 5.88. The third kappa shape index (κ3) is 2.50. The number of amides is 1. The minimum Gasteiger partial charge on any atom is -0.349 e. The lowest BCUT2D eigenvalue weighted by Crippen LogP contribution is -2.34. The normalized spacial score (nSPS) is 25.8. The Balaban J connectivity index is 1.58. The zero-order valence-electron chi connectivity index (χ0n) is 11.4. The third-order valence-corrected chi connectivity index (χ3v) is 4.67. The summed E-state index contributed by atoms with van der Waals surface area (Å²) in [6.07, 6.45) is 6.90. The largest absolute Gasteiger partial charge is 0.349 e. The summed E-state index contributed by atoms with van der Waals surface area (Å²) in [6.45, 7) is 4.15. The topological polar surface area (TPSA) is 54.0 Å². The Kier molecular flexibility index (Phi) is 3.27. The van der Waals surface area contributed by atoms with Gasteiger partial charge in [-0.3, -0.25) is 9.78 Å². The fraction of sp³-hybridized carbons (Fsp3) is 0.600. The monoisotopic (exact) mass is 259 g/mol. The highest BCUT2D eigenvalue weighted by Gasteiger charge is 2.57. The van der Waals surface area contributed by atoms with Gasteiger partial charge in [-0.2, -0.15) is 0 Å². The number of carbonyl (C=O) groups excluding carboxylic acids is 1. The number of hydrogen-bond donors (Lipinski definition) is 2. The van der Waals surface area contributed by atoms with Crippen molar-refractivity contribution in [1.29, 1.82) is 0 Å². The lowest BCUT2D eigenvalue weighted by atomic mass is 9.91. The molecule has 1 spiro atoms. The number of nitrogens with one attached hydrogen (secondary N) is 2. The van der Waals surface area contributed by atoms with E-state index in [0.717, 1.165) is 37.9 Å². The molecule has 3 rings (SSSR count). The molecular weight excluding hydrogens is 238 g/mol. The molecule has 1 saturated heterocycles. The molecule has 2 unspecified atom stereocenters. The van der Waals surface area contributed by atoms with Gasteiger partial charge in [0.2, 0.25) is 5.91 Å². The van der Waals surface area contributed by atoms with Crippen LogP contribution in [0.3, 0.4) is 0 Å². The summed E-state index contributed by atoms with van der Waals surface area (Å²) in [5.41, 5.74) is 1.43. The number of pyridine rings is 1. The van der Waals surface area contributed by atoms with Gasteiger partial charge in [0, 0.05) is 18.3 Å². The fourth-order valence-corrected chi connectivity index (χ4v) is 3.25. The molecule has 0 aromatic carbocycles. The van der Waals surface area contributed by atoms with Crippen molar-refractivity contribution in [3.8, 4) is 0 Å². The summed E-state index contributed by atoms with van der Waals surface area (Å²) < 4.78 is 0. The van der Waals surface area contributed by atoms with Gasteiger partial charge in [-0.05, 0) is 62.4 Å². The number of piperidine rings is 1. The molecule has 2 atom stereocenters. The average Bonchev–Trinajstić information content (AvgIpc) is 3.14. The Labute approximate surface area is 114 Å². The zero-order chi connectivity index (χ0) is 13.3. The Morgan fingerprint density at radius 1 is 1.42 bits per heavy atom. The number of hydrogen-bond acceptors (Lipinski definition) is 3. The molecule has 1 aromatic rings. The van der Waals surface area contributed by atoms with E-state index in [1.54, 1.807) is 12.4 Å². The quantitative estimate of drug-likeness (QED) is 0.868. The lowest BCUT2D eigenvalue weighted by Gasteiger charge is -2.23. The van der Waals surface area contributed by atoms with E-state index in [0.29, 0.717) is 5.41 Å². The van der Waals surface area contributed by atoms with Crippen LogP contribution in [0.25, 0.3) is 0 Å². The summed E-state index contributed by atoms with van der Waals surface area (Å²) in [4.78, 5) is 16.3. The summed E-state index contributed by atoms with van der Waals surface area (Å²) >= 11 is 0. The molecule has 4 heteroatoms. The van der Waals surface area contributed by atoms with Crippen LogP contribution in [0.1, 0.15) is 37.8 Å². The fourth-order valence-electron chi connectivity index (χ4n) is 3.25. The van der Waals surface area contributed by atoms with Crippen molar-refractivity contribution in [2.24, 2.45) is 11.3 Å². The van der Waals surface area contributed by atoms with Crippen molar-refractivity contribution in [1.82, 2.24) is 15.6 Å². The number of rotatable bonds is 3. The Hall–Kier alpha value is -1.42. The Morgan fingerprint density at radius 2 is 2.11 bits per heavy atom. The van der Waals surface area contributed by atoms with E-state index in [1.165, 1.54) is 0 Å². The first-order valence-electron chi connectivity index (χ1n) is 7.12. The van der Waals surface area contributed by atoms with Crippen LogP contribution in [0.5, 0.6) is 0 Å². The van der Waals surface area contributed by atoms with Gasteiger partial charge in [0.15, 0.2) is 0 Å². The van der Waals surface area contributed by atoms with Crippen LogP contribution in [0.2, 0.25) is 0 Å². The molecule has 4 nitrogen and oxygen atoms in total. The molecule has 102 valence electrons. The van der Waals surface area contributed by atoms with Crippen molar-refractivity contribution < 1.29 is 4.79 Å². The van der Waals surface area contributed by atoms with Gasteiger partial charge in [-0.1, -0.05) is 0 Å². The van der Waals surface area contributed by atoms with E-state index in [4.69, 9.17) is 0 Å². The highest BCUT2D eigenvalue weighted by atomic mass is 16.2. The van der Waals surface area contributed by atoms with E-state index in [-0.39, 0.29) is 17.9 Å². The smallest absolute Gasteiger partial charge is 0.224 e. The SMILES string of the molecule is CC(NC(=O)C1CC12CCNCC2)c1ccncc1. The van der Waals surface area contributed by atoms with Crippen molar-refractivity contribution in [3.63, 3.8) is 0 Å². The predicted molar refractivity (Wildman–Crippen MR) is 73.4 cm³/mol. The molecule has 2 aliphatic rings. The van der Waals surface area contributed by atoms with Gasteiger partial charge in [-0.15, -0.1) is 0 Å². The molecule has 2 N–H and O–H groups in total. The zero-order valence-corrected chi connectivity index (χ0v) is 11.4. The van der Waals surface area contributed by atoms with Crippen molar-refractivity contribution in [2.45, 2.75) is 32.2 Å². The minimum atomic E-state index is 0.0647. The van der Waals surface area contributed by atoms with Gasteiger partial charge in [-0.25, -0.2) is 0 Å². The van der Waals surface area contributed by atoms with Crippen LogP contribution in [-0.4, -0.2) is 24.0 Å². The Morgan fingerprint density at radius 3 is 2.79 bits per heavy atom. The second-order valence-corrected chi connectivity index (χ2v) is 5.88. The van der Waals surface area contributed by atoms with E-state index in [9.17, 15) is 4.79 Å². The van der Waals surface area contributed by atoms with Crippen molar-refractivity contribution in [2.75, 3.05) is 13.1 Å². The van der Waals surface area contributed by atoms with Crippen molar-refractivity contribution in [3.05, 3.63) is 30.1 Å². The third-order valence-electron chi connectivity index (χ3n) is 4.67.